The van der Waals surface area contributed by atoms with Gasteiger partial charge in [0.05, 0.1) is 48.6 Å². The van der Waals surface area contributed by atoms with Crippen molar-refractivity contribution in [3.05, 3.63) is 113 Å². The van der Waals surface area contributed by atoms with Gasteiger partial charge in [0.2, 0.25) is 0 Å². The first kappa shape index (κ1) is 31.4. The van der Waals surface area contributed by atoms with E-state index < -0.39 is 32.2 Å². The number of amides is 1. The second kappa shape index (κ2) is 10.5. The molecule has 1 amide bonds. The van der Waals surface area contributed by atoms with Gasteiger partial charge in [0.25, 0.3) is 5.91 Å². The summed E-state index contributed by atoms with van der Waals surface area (Å²) in [5.41, 5.74) is 4.13. The number of anilines is 1. The van der Waals surface area contributed by atoms with Crippen LogP contribution in [0.4, 0.5) is 25.1 Å². The first-order valence-corrected chi connectivity index (χ1v) is 15.9. The summed E-state index contributed by atoms with van der Waals surface area (Å²) in [6.07, 6.45) is 5.44. The minimum atomic E-state index is -10.2. The van der Waals surface area contributed by atoms with E-state index in [0.29, 0.717) is 23.6 Å². The molecule has 3 heterocycles. The molecule has 0 fully saturated rings. The van der Waals surface area contributed by atoms with Crippen LogP contribution in [-0.4, -0.2) is 37.0 Å². The molecule has 9 nitrogen and oxygen atoms in total. The van der Waals surface area contributed by atoms with Crippen LogP contribution in [0.3, 0.4) is 0 Å². The lowest BCUT2D eigenvalue weighted by Crippen LogP contribution is -2.15. The van der Waals surface area contributed by atoms with Crippen LogP contribution < -0.4 is 10.1 Å². The molecule has 0 saturated heterocycles. The molecule has 0 aliphatic carbocycles. The Kier molecular flexibility index (Phi) is 6.98. The third-order valence-corrected chi connectivity index (χ3v) is 8.62. The number of methoxy groups -OCH3 is 1. The van der Waals surface area contributed by atoms with Crippen molar-refractivity contribution in [1.82, 2.24) is 24.0 Å². The normalized spacial score (nSPS) is 13.2. The zero-order valence-corrected chi connectivity index (χ0v) is 25.9. The molecule has 0 bridgehead atoms. The lowest BCUT2D eigenvalue weighted by Gasteiger charge is -2.40. The van der Waals surface area contributed by atoms with E-state index in [0.717, 1.165) is 34.2 Å². The van der Waals surface area contributed by atoms with Crippen LogP contribution in [0.1, 0.15) is 32.7 Å². The summed E-state index contributed by atoms with van der Waals surface area (Å²) in [5, 5.41) is 20.8. The Labute approximate surface area is 265 Å². The minimum absolute atomic E-state index is 0.0354. The number of nitrogens with zero attached hydrogens (tertiary/aromatic N) is 6. The number of imidazole rings is 1. The van der Waals surface area contributed by atoms with Gasteiger partial charge in [-0.3, -0.25) is 14.0 Å². The molecular formula is C32H26F5N7O2S. The van der Waals surface area contributed by atoms with Crippen molar-refractivity contribution in [2.24, 2.45) is 0 Å². The van der Waals surface area contributed by atoms with Gasteiger partial charge in [-0.05, 0) is 67.4 Å². The van der Waals surface area contributed by atoms with Crippen molar-refractivity contribution in [3.8, 4) is 28.8 Å². The van der Waals surface area contributed by atoms with Crippen LogP contribution in [0.15, 0.2) is 90.2 Å². The van der Waals surface area contributed by atoms with E-state index in [4.69, 9.17) is 15.1 Å². The van der Waals surface area contributed by atoms with Gasteiger partial charge in [-0.25, -0.2) is 4.52 Å². The van der Waals surface area contributed by atoms with Crippen LogP contribution in [0.5, 0.6) is 5.75 Å². The molecule has 242 valence electrons. The van der Waals surface area contributed by atoms with Gasteiger partial charge >= 0.3 is 10.2 Å². The fraction of sp³-hybridized carbons (Fsp3) is 0.125. The number of ether oxygens (including phenoxy) is 1. The average molecular weight is 668 g/mol. The molecule has 15 heteroatoms. The Morgan fingerprint density at radius 2 is 1.72 bits per heavy atom. The van der Waals surface area contributed by atoms with Gasteiger partial charge in [-0.15, -0.1) is 0 Å². The first-order valence-electron chi connectivity index (χ1n) is 14.0. The van der Waals surface area contributed by atoms with Crippen LogP contribution in [0, 0.1) is 25.2 Å². The largest absolute Gasteiger partial charge is 0.497 e. The molecule has 6 rings (SSSR count). The summed E-state index contributed by atoms with van der Waals surface area (Å²) < 4.78 is 78.2. The van der Waals surface area contributed by atoms with E-state index in [1.807, 2.05) is 61.1 Å². The maximum Gasteiger partial charge on any atom is 0.310 e. The fourth-order valence-electron chi connectivity index (χ4n) is 5.11. The van der Waals surface area contributed by atoms with Gasteiger partial charge in [-0.1, -0.05) is 37.6 Å². The Hall–Kier alpha value is -5.62. The number of hydrogen-bond donors (Lipinski definition) is 1. The molecule has 0 radical (unpaired) electrons. The number of aromatic nitrogens is 5. The molecule has 3 aromatic carbocycles. The first-order chi connectivity index (χ1) is 22.0. The molecule has 0 unspecified atom stereocenters. The minimum Gasteiger partial charge on any atom is -0.497 e. The molecule has 0 atom stereocenters. The third kappa shape index (κ3) is 6.40. The van der Waals surface area contributed by atoms with Gasteiger partial charge in [-0.2, -0.15) is 15.5 Å². The van der Waals surface area contributed by atoms with Crippen molar-refractivity contribution in [3.63, 3.8) is 0 Å². The van der Waals surface area contributed by atoms with E-state index in [1.54, 1.807) is 34.6 Å². The van der Waals surface area contributed by atoms with Crippen molar-refractivity contribution in [2.45, 2.75) is 25.3 Å². The SMILES string of the molecule is COc1ccc(Cn2cc(-c3cc4n(-c5cc(NC(=O)c6cc(C#N)cc(S(F)(F)(F)(F)F)c6)ccc5C)cc(C)n4n3)cn2)cc1. The topological polar surface area (TPSA) is 102 Å². The number of carbonyl (C=O) groups is 1. The molecule has 0 spiro atoms. The number of nitrogens with one attached hydrogen (secondary N) is 1. The molecule has 1 N–H and O–H groups in total. The summed E-state index contributed by atoms with van der Waals surface area (Å²) >= 11 is 0. The van der Waals surface area contributed by atoms with E-state index in [-0.39, 0.29) is 17.8 Å². The number of rotatable bonds is 8. The number of carbonyl (C=O) groups excluding carboxylic acids is 1. The van der Waals surface area contributed by atoms with E-state index in [1.165, 1.54) is 12.1 Å². The van der Waals surface area contributed by atoms with E-state index in [2.05, 4.69) is 10.4 Å². The number of hydrogen-bond acceptors (Lipinski definition) is 5. The summed E-state index contributed by atoms with van der Waals surface area (Å²) in [7, 11) is -8.55. The zero-order valence-electron chi connectivity index (χ0n) is 25.1. The molecule has 3 aromatic heterocycles. The predicted molar refractivity (Wildman–Crippen MR) is 168 cm³/mol. The summed E-state index contributed by atoms with van der Waals surface area (Å²) in [4.78, 5) is 10.7. The van der Waals surface area contributed by atoms with Crippen LogP contribution in [0.2, 0.25) is 0 Å². The van der Waals surface area contributed by atoms with Crippen molar-refractivity contribution in [2.75, 3.05) is 12.4 Å². The molecule has 47 heavy (non-hydrogen) atoms. The third-order valence-electron chi connectivity index (χ3n) is 7.49. The van der Waals surface area contributed by atoms with Gasteiger partial charge in [0, 0.05) is 35.3 Å². The van der Waals surface area contributed by atoms with Crippen molar-refractivity contribution in [1.29, 1.82) is 5.26 Å². The van der Waals surface area contributed by atoms with Crippen LogP contribution >= 0.6 is 10.2 Å². The fourth-order valence-corrected chi connectivity index (χ4v) is 5.81. The second-order valence-corrected chi connectivity index (χ2v) is 13.4. The highest BCUT2D eigenvalue weighted by molar-refractivity contribution is 8.45. The monoisotopic (exact) mass is 667 g/mol. The number of nitriles is 1. The summed E-state index contributed by atoms with van der Waals surface area (Å²) in [6.45, 7) is 4.25. The molecule has 6 aromatic rings. The standard InChI is InChI=1S/C32H26F5N7O2S/c1-20-4-7-26(40-32(45)24-10-23(15-38)11-28(12-24)47(33,34,35,36)37)13-30(20)43-17-21(2)44-31(43)14-29(41-44)25-16-39-42(19-25)18-22-5-8-27(46-3)9-6-22/h4-14,16-17,19H,18H2,1-3H3,(H,40,45). The maximum absolute atomic E-state index is 13.5. The number of aryl methyl sites for hydroxylation is 2. The maximum atomic E-state index is 13.5. The Morgan fingerprint density at radius 3 is 2.40 bits per heavy atom. The zero-order chi connectivity index (χ0) is 33.8. The van der Waals surface area contributed by atoms with Crippen molar-refractivity contribution >= 4 is 27.5 Å². The summed E-state index contributed by atoms with van der Waals surface area (Å²) in [5.74, 6) is -0.330. The van der Waals surface area contributed by atoms with Gasteiger partial charge in [0.15, 0.2) is 0 Å². The number of benzene rings is 3. The van der Waals surface area contributed by atoms with Crippen molar-refractivity contribution < 1.29 is 29.0 Å². The van der Waals surface area contributed by atoms with Crippen LogP contribution in [0.25, 0.3) is 22.6 Å². The molecular weight excluding hydrogens is 641 g/mol. The summed E-state index contributed by atoms with van der Waals surface area (Å²) in [6, 6.07) is 16.7. The Balaban J connectivity index is 1.29. The average Bonchev–Trinajstić information content (AvgIpc) is 3.74. The lowest BCUT2D eigenvalue weighted by atomic mass is 10.1. The molecule has 0 saturated carbocycles. The van der Waals surface area contributed by atoms with Gasteiger partial charge < -0.3 is 10.1 Å². The smallest absolute Gasteiger partial charge is 0.310 e. The van der Waals surface area contributed by atoms with E-state index in [9.17, 15) is 24.2 Å². The van der Waals surface area contributed by atoms with E-state index >= 15 is 0 Å². The highest BCUT2D eigenvalue weighted by atomic mass is 32.5. The Morgan fingerprint density at radius 1 is 0.979 bits per heavy atom. The Bertz CT molecular complexity index is 2230. The molecule has 0 aliphatic heterocycles. The lowest BCUT2D eigenvalue weighted by molar-refractivity contribution is 0.102. The highest BCUT2D eigenvalue weighted by Crippen LogP contribution is 3.02. The number of halogens is 5. The van der Waals surface area contributed by atoms with Crippen LogP contribution in [-0.2, 0) is 6.54 Å². The predicted octanol–water partition coefficient (Wildman–Crippen LogP) is 8.44. The quantitative estimate of drug-likeness (QED) is 0.164. The second-order valence-electron chi connectivity index (χ2n) is 11.0. The van der Waals surface area contributed by atoms with Gasteiger partial charge in [0.1, 0.15) is 16.3 Å². The molecule has 0 aliphatic rings. The number of fused-ring (bicyclic) bond motifs is 1. The highest BCUT2D eigenvalue weighted by Gasteiger charge is 2.65.